The number of methoxy groups -OCH3 is 1. The van der Waals surface area contributed by atoms with E-state index in [-0.39, 0.29) is 34.9 Å². The summed E-state index contributed by atoms with van der Waals surface area (Å²) < 4.78 is 33.9. The van der Waals surface area contributed by atoms with Crippen molar-refractivity contribution in [2.45, 2.75) is 26.3 Å². The molecule has 1 amide bonds. The first kappa shape index (κ1) is 20.9. The van der Waals surface area contributed by atoms with Gasteiger partial charge in [0.05, 0.1) is 29.6 Å². The van der Waals surface area contributed by atoms with Crippen LogP contribution < -0.4 is 9.47 Å². The molecule has 1 aliphatic rings. The number of carbonyl (C=O) groups is 1. The predicted molar refractivity (Wildman–Crippen MR) is 98.8 cm³/mol. The van der Waals surface area contributed by atoms with Gasteiger partial charge in [-0.15, -0.1) is 0 Å². The summed E-state index contributed by atoms with van der Waals surface area (Å²) in [5.74, 6) is 0.0116. The molecule has 1 saturated heterocycles. The number of ether oxygens (including phenoxy) is 2. The van der Waals surface area contributed by atoms with Crippen molar-refractivity contribution in [2.24, 2.45) is 5.92 Å². The summed E-state index contributed by atoms with van der Waals surface area (Å²) in [6.45, 7) is 3.85. The molecule has 1 atom stereocenters. The molecule has 0 aliphatic carbocycles. The maximum absolute atomic E-state index is 12.7. The third-order valence-electron chi connectivity index (χ3n) is 4.25. The smallest absolute Gasteiger partial charge is 0.314 e. The van der Waals surface area contributed by atoms with E-state index in [1.165, 1.54) is 30.2 Å². The zero-order valence-corrected chi connectivity index (χ0v) is 16.4. The number of sulfone groups is 1. The van der Waals surface area contributed by atoms with Gasteiger partial charge in [-0.2, -0.15) is 0 Å². The van der Waals surface area contributed by atoms with Crippen LogP contribution in [0.1, 0.15) is 20.3 Å². The van der Waals surface area contributed by atoms with Crippen LogP contribution in [0.15, 0.2) is 18.2 Å². The van der Waals surface area contributed by atoms with Crippen molar-refractivity contribution < 1.29 is 27.6 Å². The third-order valence-corrected chi connectivity index (χ3v) is 6.00. The van der Waals surface area contributed by atoms with Gasteiger partial charge in [0.1, 0.15) is 5.75 Å². The van der Waals surface area contributed by atoms with E-state index in [9.17, 15) is 23.3 Å². The van der Waals surface area contributed by atoms with Gasteiger partial charge in [0.15, 0.2) is 22.2 Å². The minimum Gasteiger partial charge on any atom is -0.496 e. The Morgan fingerprint density at radius 1 is 1.41 bits per heavy atom. The van der Waals surface area contributed by atoms with Crippen molar-refractivity contribution in [3.8, 4) is 11.5 Å². The van der Waals surface area contributed by atoms with Gasteiger partial charge in [0.25, 0.3) is 5.91 Å². The number of hydrogen-bond donors (Lipinski definition) is 0. The first-order valence-corrected chi connectivity index (χ1v) is 10.4. The maximum Gasteiger partial charge on any atom is 0.314 e. The highest BCUT2D eigenvalue weighted by molar-refractivity contribution is 7.91. The Balaban J connectivity index is 2.13. The number of amides is 1. The van der Waals surface area contributed by atoms with E-state index in [1.54, 1.807) is 0 Å². The number of hydrogen-bond acceptors (Lipinski definition) is 7. The fourth-order valence-electron chi connectivity index (χ4n) is 2.98. The Morgan fingerprint density at radius 3 is 2.63 bits per heavy atom. The van der Waals surface area contributed by atoms with Gasteiger partial charge in [0.2, 0.25) is 0 Å². The van der Waals surface area contributed by atoms with Gasteiger partial charge in [0, 0.05) is 12.6 Å². The molecule has 1 aliphatic heterocycles. The van der Waals surface area contributed by atoms with Gasteiger partial charge in [-0.05, 0) is 24.5 Å². The molecule has 0 N–H and O–H groups in total. The van der Waals surface area contributed by atoms with Gasteiger partial charge in [-0.1, -0.05) is 13.8 Å². The molecular weight excluding hydrogens is 376 g/mol. The number of nitrogens with zero attached hydrogens (tertiary/aromatic N) is 2. The summed E-state index contributed by atoms with van der Waals surface area (Å²) in [6, 6.07) is 3.70. The van der Waals surface area contributed by atoms with E-state index in [0.29, 0.717) is 18.7 Å². The molecule has 0 spiro atoms. The number of nitro groups is 1. The van der Waals surface area contributed by atoms with Crippen molar-refractivity contribution in [2.75, 3.05) is 31.8 Å². The second kappa shape index (κ2) is 8.55. The molecule has 0 radical (unpaired) electrons. The van der Waals surface area contributed by atoms with Crippen LogP contribution in [0.3, 0.4) is 0 Å². The highest BCUT2D eigenvalue weighted by Gasteiger charge is 2.35. The molecule has 0 unspecified atom stereocenters. The Morgan fingerprint density at radius 2 is 2.11 bits per heavy atom. The van der Waals surface area contributed by atoms with E-state index in [0.717, 1.165) is 0 Å². The van der Waals surface area contributed by atoms with Crippen LogP contribution in [0.4, 0.5) is 5.69 Å². The molecule has 1 fully saturated rings. The SMILES string of the molecule is COc1ccc(OCC(=O)N(CC(C)C)[C@@H]2CCS(=O)(=O)C2)c([N+](=O)[O-])c1. The average molecular weight is 400 g/mol. The summed E-state index contributed by atoms with van der Waals surface area (Å²) in [4.78, 5) is 24.8. The van der Waals surface area contributed by atoms with Crippen LogP contribution >= 0.6 is 0 Å². The zero-order valence-electron chi connectivity index (χ0n) is 15.6. The lowest BCUT2D eigenvalue weighted by Crippen LogP contribution is -2.45. The summed E-state index contributed by atoms with van der Waals surface area (Å²) in [5.41, 5.74) is -0.305. The summed E-state index contributed by atoms with van der Waals surface area (Å²) in [5, 5.41) is 11.2. The van der Waals surface area contributed by atoms with Crippen LogP contribution in [0.2, 0.25) is 0 Å². The highest BCUT2D eigenvalue weighted by atomic mass is 32.2. The zero-order chi connectivity index (χ0) is 20.2. The first-order chi connectivity index (χ1) is 12.6. The molecule has 9 nitrogen and oxygen atoms in total. The lowest BCUT2D eigenvalue weighted by molar-refractivity contribution is -0.385. The topological polar surface area (TPSA) is 116 Å². The summed E-state index contributed by atoms with van der Waals surface area (Å²) >= 11 is 0. The van der Waals surface area contributed by atoms with E-state index >= 15 is 0 Å². The van der Waals surface area contributed by atoms with Crippen LogP contribution in [-0.4, -0.2) is 62.0 Å². The van der Waals surface area contributed by atoms with Crippen LogP contribution in [-0.2, 0) is 14.6 Å². The second-order valence-corrected chi connectivity index (χ2v) is 9.10. The molecule has 1 aromatic rings. The Bertz CT molecular complexity index is 807. The van der Waals surface area contributed by atoms with Gasteiger partial charge >= 0.3 is 5.69 Å². The molecule has 150 valence electrons. The largest absolute Gasteiger partial charge is 0.496 e. The Hall–Kier alpha value is -2.36. The molecule has 1 aromatic carbocycles. The average Bonchev–Trinajstić information content (AvgIpc) is 2.96. The van der Waals surface area contributed by atoms with Crippen molar-refractivity contribution >= 4 is 21.4 Å². The fraction of sp³-hybridized carbons (Fsp3) is 0.588. The van der Waals surface area contributed by atoms with Gasteiger partial charge in [-0.3, -0.25) is 14.9 Å². The minimum atomic E-state index is -3.14. The monoisotopic (exact) mass is 400 g/mol. The predicted octanol–water partition coefficient (Wildman–Crippen LogP) is 1.65. The molecule has 0 bridgehead atoms. The fourth-order valence-corrected chi connectivity index (χ4v) is 4.71. The molecule has 2 rings (SSSR count). The van der Waals surface area contributed by atoms with Crippen LogP contribution in [0.5, 0.6) is 11.5 Å². The second-order valence-electron chi connectivity index (χ2n) is 6.88. The van der Waals surface area contributed by atoms with E-state index in [2.05, 4.69) is 0 Å². The third kappa shape index (κ3) is 5.56. The molecular formula is C17H24N2O7S. The molecule has 0 aromatic heterocycles. The maximum atomic E-state index is 12.7. The normalized spacial score (nSPS) is 18.3. The standard InChI is InChI=1S/C17H24N2O7S/c1-12(2)9-18(13-6-7-27(23,24)11-13)17(20)10-26-16-5-4-14(25-3)8-15(16)19(21)22/h4-5,8,12-13H,6-7,9-11H2,1-3H3/t13-/m1/s1. The molecule has 1 heterocycles. The lowest BCUT2D eigenvalue weighted by Gasteiger charge is -2.29. The lowest BCUT2D eigenvalue weighted by atomic mass is 10.1. The number of nitro benzene ring substituents is 1. The molecule has 0 saturated carbocycles. The van der Waals surface area contributed by atoms with Gasteiger partial charge < -0.3 is 14.4 Å². The Labute approximate surface area is 158 Å². The highest BCUT2D eigenvalue weighted by Crippen LogP contribution is 2.31. The number of rotatable bonds is 8. The summed E-state index contributed by atoms with van der Waals surface area (Å²) in [6.07, 6.45) is 0.392. The molecule has 27 heavy (non-hydrogen) atoms. The van der Waals surface area contributed by atoms with Crippen molar-refractivity contribution in [3.63, 3.8) is 0 Å². The van der Waals surface area contributed by atoms with Gasteiger partial charge in [-0.25, -0.2) is 8.42 Å². The molecule has 10 heteroatoms. The van der Waals surface area contributed by atoms with Crippen LogP contribution in [0.25, 0.3) is 0 Å². The number of carbonyl (C=O) groups excluding carboxylic acids is 1. The van der Waals surface area contributed by atoms with E-state index in [1.807, 2.05) is 13.8 Å². The minimum absolute atomic E-state index is 0.0438. The quantitative estimate of drug-likeness (QED) is 0.481. The summed E-state index contributed by atoms with van der Waals surface area (Å²) in [7, 11) is -1.75. The Kier molecular flexibility index (Phi) is 6.63. The van der Waals surface area contributed by atoms with Crippen molar-refractivity contribution in [1.29, 1.82) is 0 Å². The first-order valence-electron chi connectivity index (χ1n) is 8.58. The van der Waals surface area contributed by atoms with Crippen molar-refractivity contribution in [3.05, 3.63) is 28.3 Å². The number of benzene rings is 1. The van der Waals surface area contributed by atoms with E-state index < -0.39 is 27.3 Å². The van der Waals surface area contributed by atoms with E-state index in [4.69, 9.17) is 9.47 Å². The van der Waals surface area contributed by atoms with Crippen molar-refractivity contribution in [1.82, 2.24) is 4.90 Å². The van der Waals surface area contributed by atoms with Crippen LogP contribution in [0, 0.1) is 16.0 Å².